The van der Waals surface area contributed by atoms with E-state index in [1.54, 1.807) is 6.92 Å². The average Bonchev–Trinajstić information content (AvgIpc) is 2.33. The van der Waals surface area contributed by atoms with Gasteiger partial charge in [0.2, 0.25) is 5.91 Å². The number of hydrogen-bond acceptors (Lipinski definition) is 3. The zero-order chi connectivity index (χ0) is 15.3. The van der Waals surface area contributed by atoms with E-state index in [0.717, 1.165) is 0 Å². The van der Waals surface area contributed by atoms with E-state index in [1.165, 1.54) is 6.92 Å². The summed E-state index contributed by atoms with van der Waals surface area (Å²) in [6.45, 7) is 3.29. The van der Waals surface area contributed by atoms with Crippen molar-refractivity contribution in [2.24, 2.45) is 0 Å². The summed E-state index contributed by atoms with van der Waals surface area (Å²) in [5.41, 5.74) is -0.634. The molecular formula is C12H14F3N3O2. The zero-order valence-corrected chi connectivity index (χ0v) is 10.9. The number of hydrogen-bond donors (Lipinski definition) is 3. The number of nitrogens with one attached hydrogen (secondary N) is 3. The molecule has 0 aliphatic heterocycles. The van der Waals surface area contributed by atoms with E-state index in [4.69, 9.17) is 0 Å². The van der Waals surface area contributed by atoms with Crippen molar-refractivity contribution >= 4 is 17.6 Å². The molecule has 3 amide bonds. The predicted molar refractivity (Wildman–Crippen MR) is 66.6 cm³/mol. The second-order valence-electron chi connectivity index (χ2n) is 3.96. The molecule has 0 bridgehead atoms. The van der Waals surface area contributed by atoms with Gasteiger partial charge in [0.1, 0.15) is 17.5 Å². The SMILES string of the molecule is CCNC(=O)NC(=O)C(C)Nc1c(F)cc(F)cc1F. The van der Waals surface area contributed by atoms with Gasteiger partial charge in [-0.2, -0.15) is 0 Å². The lowest BCUT2D eigenvalue weighted by atomic mass is 10.2. The summed E-state index contributed by atoms with van der Waals surface area (Å²) in [5, 5.41) is 6.55. The Kier molecular flexibility index (Phi) is 5.36. The number of amides is 3. The topological polar surface area (TPSA) is 70.2 Å². The number of urea groups is 1. The summed E-state index contributed by atoms with van der Waals surface area (Å²) in [6.07, 6.45) is 0. The van der Waals surface area contributed by atoms with Crippen LogP contribution >= 0.6 is 0 Å². The summed E-state index contributed by atoms with van der Waals surface area (Å²) in [7, 11) is 0. The highest BCUT2D eigenvalue weighted by atomic mass is 19.1. The Morgan fingerprint density at radius 1 is 1.20 bits per heavy atom. The van der Waals surface area contributed by atoms with Gasteiger partial charge in [-0.05, 0) is 13.8 Å². The molecule has 1 rings (SSSR count). The van der Waals surface area contributed by atoms with Gasteiger partial charge in [0.25, 0.3) is 0 Å². The fraction of sp³-hybridized carbons (Fsp3) is 0.333. The molecule has 0 aliphatic rings. The van der Waals surface area contributed by atoms with Crippen molar-refractivity contribution in [3.63, 3.8) is 0 Å². The fourth-order valence-electron chi connectivity index (χ4n) is 1.39. The quantitative estimate of drug-likeness (QED) is 0.791. The van der Waals surface area contributed by atoms with E-state index >= 15 is 0 Å². The lowest BCUT2D eigenvalue weighted by molar-refractivity contribution is -0.120. The van der Waals surface area contributed by atoms with Gasteiger partial charge in [-0.15, -0.1) is 0 Å². The van der Waals surface area contributed by atoms with Gasteiger partial charge in [0.15, 0.2) is 11.6 Å². The first-order valence-corrected chi connectivity index (χ1v) is 5.85. The number of carbonyl (C=O) groups excluding carboxylic acids is 2. The van der Waals surface area contributed by atoms with Gasteiger partial charge in [0.05, 0.1) is 0 Å². The Morgan fingerprint density at radius 3 is 2.25 bits per heavy atom. The largest absolute Gasteiger partial charge is 0.369 e. The van der Waals surface area contributed by atoms with Crippen LogP contribution in [-0.2, 0) is 4.79 Å². The monoisotopic (exact) mass is 289 g/mol. The number of carbonyl (C=O) groups is 2. The van der Waals surface area contributed by atoms with E-state index < -0.39 is 41.1 Å². The zero-order valence-electron chi connectivity index (χ0n) is 10.9. The highest BCUT2D eigenvalue weighted by Gasteiger charge is 2.19. The van der Waals surface area contributed by atoms with Crippen LogP contribution in [0.1, 0.15) is 13.8 Å². The van der Waals surface area contributed by atoms with Crippen LogP contribution in [-0.4, -0.2) is 24.5 Å². The minimum Gasteiger partial charge on any atom is -0.369 e. The summed E-state index contributed by atoms with van der Waals surface area (Å²) in [4.78, 5) is 22.7. The van der Waals surface area contributed by atoms with Gasteiger partial charge >= 0.3 is 6.03 Å². The van der Waals surface area contributed by atoms with Crippen LogP contribution in [0.25, 0.3) is 0 Å². The Labute approximate surface area is 113 Å². The lowest BCUT2D eigenvalue weighted by Gasteiger charge is -2.15. The number of imide groups is 1. The number of rotatable bonds is 4. The number of halogens is 3. The molecule has 0 heterocycles. The van der Waals surface area contributed by atoms with Crippen molar-refractivity contribution in [2.75, 3.05) is 11.9 Å². The van der Waals surface area contributed by atoms with Crippen LogP contribution in [0.3, 0.4) is 0 Å². The molecule has 0 aromatic heterocycles. The molecule has 0 radical (unpaired) electrons. The molecule has 110 valence electrons. The van der Waals surface area contributed by atoms with E-state index in [2.05, 4.69) is 10.6 Å². The fourth-order valence-corrected chi connectivity index (χ4v) is 1.39. The maximum atomic E-state index is 13.4. The molecule has 20 heavy (non-hydrogen) atoms. The number of benzene rings is 1. The Hall–Kier alpha value is -2.25. The first-order valence-electron chi connectivity index (χ1n) is 5.85. The Bertz CT molecular complexity index is 500. The minimum absolute atomic E-state index is 0.322. The van der Waals surface area contributed by atoms with Gasteiger partial charge in [0, 0.05) is 18.7 Å². The molecule has 0 saturated carbocycles. The summed E-state index contributed by atoms with van der Waals surface area (Å²) >= 11 is 0. The lowest BCUT2D eigenvalue weighted by Crippen LogP contribution is -2.45. The molecule has 0 fully saturated rings. The van der Waals surface area contributed by atoms with Crippen molar-refractivity contribution in [1.82, 2.24) is 10.6 Å². The van der Waals surface area contributed by atoms with E-state index in [1.807, 2.05) is 5.32 Å². The molecule has 0 aliphatic carbocycles. The summed E-state index contributed by atoms with van der Waals surface area (Å²) < 4.78 is 39.5. The predicted octanol–water partition coefficient (Wildman–Crippen LogP) is 1.75. The van der Waals surface area contributed by atoms with Crippen LogP contribution < -0.4 is 16.0 Å². The highest BCUT2D eigenvalue weighted by Crippen LogP contribution is 2.20. The third kappa shape index (κ3) is 4.15. The Morgan fingerprint density at radius 2 is 1.75 bits per heavy atom. The molecular weight excluding hydrogens is 275 g/mol. The molecule has 1 atom stereocenters. The molecule has 0 spiro atoms. The van der Waals surface area contributed by atoms with Crippen LogP contribution in [0, 0.1) is 17.5 Å². The highest BCUT2D eigenvalue weighted by molar-refractivity contribution is 5.97. The van der Waals surface area contributed by atoms with Crippen LogP contribution in [0.2, 0.25) is 0 Å². The average molecular weight is 289 g/mol. The third-order valence-electron chi connectivity index (χ3n) is 2.34. The summed E-state index contributed by atoms with van der Waals surface area (Å²) in [5.74, 6) is -4.18. The molecule has 1 aromatic rings. The van der Waals surface area contributed by atoms with Gasteiger partial charge in [-0.1, -0.05) is 0 Å². The normalized spacial score (nSPS) is 11.7. The number of anilines is 1. The third-order valence-corrected chi connectivity index (χ3v) is 2.34. The smallest absolute Gasteiger partial charge is 0.321 e. The molecule has 8 heteroatoms. The van der Waals surface area contributed by atoms with Crippen molar-refractivity contribution in [3.05, 3.63) is 29.6 Å². The maximum absolute atomic E-state index is 13.4. The maximum Gasteiger partial charge on any atom is 0.321 e. The van der Waals surface area contributed by atoms with Crippen molar-refractivity contribution < 1.29 is 22.8 Å². The van der Waals surface area contributed by atoms with Gasteiger partial charge in [-0.25, -0.2) is 18.0 Å². The van der Waals surface area contributed by atoms with E-state index in [0.29, 0.717) is 18.7 Å². The minimum atomic E-state index is -1.17. The van der Waals surface area contributed by atoms with Crippen LogP contribution in [0.15, 0.2) is 12.1 Å². The van der Waals surface area contributed by atoms with Gasteiger partial charge in [-0.3, -0.25) is 10.1 Å². The second kappa shape index (κ2) is 6.78. The first kappa shape index (κ1) is 15.8. The van der Waals surface area contributed by atoms with Crippen molar-refractivity contribution in [3.8, 4) is 0 Å². The van der Waals surface area contributed by atoms with Crippen LogP contribution in [0.4, 0.5) is 23.7 Å². The first-order chi connectivity index (χ1) is 9.35. The summed E-state index contributed by atoms with van der Waals surface area (Å²) in [6, 6.07) is -0.835. The molecule has 5 nitrogen and oxygen atoms in total. The standard InChI is InChI=1S/C12H14F3N3O2/c1-3-16-12(20)18-11(19)6(2)17-10-8(14)4-7(13)5-9(10)15/h4-6,17H,3H2,1-2H3,(H2,16,18,19,20). The van der Waals surface area contributed by atoms with Crippen molar-refractivity contribution in [1.29, 1.82) is 0 Å². The molecule has 1 unspecified atom stereocenters. The van der Waals surface area contributed by atoms with Crippen molar-refractivity contribution in [2.45, 2.75) is 19.9 Å². The molecule has 1 aromatic carbocycles. The van der Waals surface area contributed by atoms with Gasteiger partial charge < -0.3 is 10.6 Å². The Balaban J connectivity index is 2.73. The molecule has 0 saturated heterocycles. The van der Waals surface area contributed by atoms with E-state index in [9.17, 15) is 22.8 Å². The van der Waals surface area contributed by atoms with Crippen LogP contribution in [0.5, 0.6) is 0 Å². The molecule has 3 N–H and O–H groups in total. The van der Waals surface area contributed by atoms with E-state index in [-0.39, 0.29) is 0 Å². The second-order valence-corrected chi connectivity index (χ2v) is 3.96.